The molecule has 0 spiro atoms. The third-order valence-electron chi connectivity index (χ3n) is 6.63. The number of nitrogens with one attached hydrogen (secondary N) is 1. The Morgan fingerprint density at radius 2 is 1.96 bits per heavy atom. The molecule has 1 aliphatic heterocycles. The number of nitrogens with zero attached hydrogens (tertiary/aromatic N) is 4. The molecule has 27 heavy (non-hydrogen) atoms. The van der Waals surface area contributed by atoms with Crippen molar-refractivity contribution < 1.29 is 0 Å². The van der Waals surface area contributed by atoms with Gasteiger partial charge in [-0.3, -0.25) is 9.89 Å². The summed E-state index contributed by atoms with van der Waals surface area (Å²) < 4.78 is 0. The summed E-state index contributed by atoms with van der Waals surface area (Å²) >= 11 is 1.82. The fraction of sp³-hybridized carbons (Fsp3) is 0.800. The number of aliphatic imine (C=N–C) groups is 1. The molecular formula is C20H34IN5S. The molecule has 5 nitrogen and oxygen atoms in total. The van der Waals surface area contributed by atoms with Crippen LogP contribution < -0.4 is 5.32 Å². The first-order valence-electron chi connectivity index (χ1n) is 10.3. The molecule has 2 aliphatic carbocycles. The van der Waals surface area contributed by atoms with Gasteiger partial charge < -0.3 is 10.2 Å². The summed E-state index contributed by atoms with van der Waals surface area (Å²) in [5.41, 5.74) is 1.18. The van der Waals surface area contributed by atoms with Crippen molar-refractivity contribution in [3.8, 4) is 0 Å². The first kappa shape index (κ1) is 21.3. The van der Waals surface area contributed by atoms with Gasteiger partial charge in [-0.25, -0.2) is 4.98 Å². The number of rotatable bonds is 4. The molecule has 2 bridgehead atoms. The number of aromatic nitrogens is 1. The summed E-state index contributed by atoms with van der Waals surface area (Å²) in [6.45, 7) is 9.73. The number of hydrogen-bond donors (Lipinski definition) is 1. The van der Waals surface area contributed by atoms with Crippen molar-refractivity contribution in [1.29, 1.82) is 0 Å². The Labute approximate surface area is 185 Å². The second-order valence-corrected chi connectivity index (χ2v) is 9.52. The van der Waals surface area contributed by atoms with E-state index < -0.39 is 0 Å². The van der Waals surface area contributed by atoms with E-state index in [4.69, 9.17) is 0 Å². The maximum atomic E-state index is 4.53. The minimum Gasteiger partial charge on any atom is -0.356 e. The van der Waals surface area contributed by atoms with Crippen molar-refractivity contribution in [3.63, 3.8) is 0 Å². The fourth-order valence-electron chi connectivity index (χ4n) is 5.35. The van der Waals surface area contributed by atoms with Gasteiger partial charge in [0.15, 0.2) is 5.96 Å². The van der Waals surface area contributed by atoms with Crippen LogP contribution in [0.4, 0.5) is 0 Å². The van der Waals surface area contributed by atoms with E-state index in [-0.39, 0.29) is 24.0 Å². The van der Waals surface area contributed by atoms with Gasteiger partial charge in [0.05, 0.1) is 10.7 Å². The average molecular weight is 503 g/mol. The third kappa shape index (κ3) is 4.78. The molecule has 3 fully saturated rings. The largest absolute Gasteiger partial charge is 0.356 e. The Kier molecular flexibility index (Phi) is 7.41. The second-order valence-electron chi connectivity index (χ2n) is 8.23. The van der Waals surface area contributed by atoms with E-state index in [0.29, 0.717) is 0 Å². The van der Waals surface area contributed by atoms with Crippen molar-refractivity contribution in [2.75, 3.05) is 39.8 Å². The van der Waals surface area contributed by atoms with Crippen LogP contribution in [0.25, 0.3) is 0 Å². The number of aryl methyl sites for hydroxylation is 2. The molecule has 1 aromatic heterocycles. The first-order chi connectivity index (χ1) is 12.6. The molecule has 0 amide bonds. The van der Waals surface area contributed by atoms with Crippen LogP contribution in [0, 0.1) is 25.7 Å². The molecule has 1 saturated heterocycles. The number of halogens is 1. The highest BCUT2D eigenvalue weighted by molar-refractivity contribution is 14.0. The van der Waals surface area contributed by atoms with Crippen molar-refractivity contribution in [2.24, 2.45) is 16.8 Å². The predicted octanol–water partition coefficient (Wildman–Crippen LogP) is 3.30. The Morgan fingerprint density at radius 3 is 2.52 bits per heavy atom. The van der Waals surface area contributed by atoms with Crippen molar-refractivity contribution in [3.05, 3.63) is 15.6 Å². The summed E-state index contributed by atoms with van der Waals surface area (Å²) in [7, 11) is 1.91. The highest BCUT2D eigenvalue weighted by Crippen LogP contribution is 2.46. The maximum absolute atomic E-state index is 4.53. The lowest BCUT2D eigenvalue weighted by Crippen LogP contribution is -2.55. The van der Waals surface area contributed by atoms with Crippen LogP contribution in [0.15, 0.2) is 4.99 Å². The second kappa shape index (κ2) is 9.39. The third-order valence-corrected chi connectivity index (χ3v) is 7.76. The summed E-state index contributed by atoms with van der Waals surface area (Å²) in [4.78, 5) is 15.7. The quantitative estimate of drug-likeness (QED) is 0.389. The molecule has 152 valence electrons. The highest BCUT2D eigenvalue weighted by Gasteiger charge is 2.42. The normalized spacial score (nSPS) is 28.5. The van der Waals surface area contributed by atoms with Gasteiger partial charge in [-0.15, -0.1) is 35.3 Å². The zero-order chi connectivity index (χ0) is 18.1. The van der Waals surface area contributed by atoms with E-state index in [1.165, 1.54) is 54.4 Å². The van der Waals surface area contributed by atoms with E-state index in [0.717, 1.165) is 49.9 Å². The topological polar surface area (TPSA) is 43.8 Å². The lowest BCUT2D eigenvalue weighted by Gasteiger charge is -2.41. The standard InChI is InChI=1S/C20H33N5S.HI/c1-14-19(26-15(2)23-14)6-7-22-20(21-3)25-10-8-24(9-11-25)18-13-16-4-5-17(18)12-16;/h16-18H,4-13H2,1-3H3,(H,21,22);1H. The molecule has 1 aromatic rings. The average Bonchev–Trinajstić information content (AvgIpc) is 3.35. The van der Waals surface area contributed by atoms with Gasteiger partial charge in [-0.1, -0.05) is 6.42 Å². The number of hydrogen-bond acceptors (Lipinski definition) is 4. The van der Waals surface area contributed by atoms with Crippen molar-refractivity contribution in [1.82, 2.24) is 20.1 Å². The summed E-state index contributed by atoms with van der Waals surface area (Å²) in [6.07, 6.45) is 6.98. The van der Waals surface area contributed by atoms with Crippen LogP contribution in [-0.4, -0.2) is 66.6 Å². The molecule has 1 N–H and O–H groups in total. The summed E-state index contributed by atoms with van der Waals surface area (Å²) in [5.74, 6) is 3.10. The van der Waals surface area contributed by atoms with Gasteiger partial charge in [0.2, 0.25) is 0 Å². The molecule has 0 radical (unpaired) electrons. The molecule has 3 unspecified atom stereocenters. The van der Waals surface area contributed by atoms with Crippen LogP contribution in [0.2, 0.25) is 0 Å². The Morgan fingerprint density at radius 1 is 1.19 bits per heavy atom. The molecule has 3 atom stereocenters. The van der Waals surface area contributed by atoms with E-state index >= 15 is 0 Å². The Bertz CT molecular complexity index is 653. The number of guanidine groups is 1. The van der Waals surface area contributed by atoms with Gasteiger partial charge in [-0.05, 0) is 44.9 Å². The molecule has 7 heteroatoms. The molecule has 2 saturated carbocycles. The van der Waals surface area contributed by atoms with Crippen LogP contribution in [0.5, 0.6) is 0 Å². The van der Waals surface area contributed by atoms with Crippen molar-refractivity contribution in [2.45, 2.75) is 52.0 Å². The van der Waals surface area contributed by atoms with Crippen LogP contribution in [0.3, 0.4) is 0 Å². The molecule has 0 aromatic carbocycles. The van der Waals surface area contributed by atoms with Crippen molar-refractivity contribution >= 4 is 41.3 Å². The van der Waals surface area contributed by atoms with E-state index in [1.54, 1.807) is 0 Å². The predicted molar refractivity (Wildman–Crippen MR) is 124 cm³/mol. The van der Waals surface area contributed by atoms with Crippen LogP contribution in [0.1, 0.15) is 41.3 Å². The highest BCUT2D eigenvalue weighted by atomic mass is 127. The van der Waals surface area contributed by atoms with E-state index in [2.05, 4.69) is 38.9 Å². The van der Waals surface area contributed by atoms with Gasteiger partial charge in [0.1, 0.15) is 0 Å². The summed E-state index contributed by atoms with van der Waals surface area (Å²) in [6, 6.07) is 0.878. The van der Waals surface area contributed by atoms with Gasteiger partial charge in [0, 0.05) is 57.1 Å². The minimum atomic E-state index is 0. The molecule has 3 aliphatic rings. The maximum Gasteiger partial charge on any atom is 0.193 e. The monoisotopic (exact) mass is 503 g/mol. The number of thiazole rings is 1. The van der Waals surface area contributed by atoms with E-state index in [9.17, 15) is 0 Å². The van der Waals surface area contributed by atoms with E-state index in [1.807, 2.05) is 18.4 Å². The smallest absolute Gasteiger partial charge is 0.193 e. The Balaban J connectivity index is 0.00000210. The Hall–Kier alpha value is -0.410. The molecule has 2 heterocycles. The molecule has 4 rings (SSSR count). The number of piperazine rings is 1. The summed E-state index contributed by atoms with van der Waals surface area (Å²) in [5, 5.41) is 4.74. The zero-order valence-corrected chi connectivity index (χ0v) is 20.1. The SMILES string of the molecule is CN=C(NCCc1sc(C)nc1C)N1CCN(C2CC3CCC2C3)CC1.I. The molecular weight excluding hydrogens is 469 g/mol. The lowest BCUT2D eigenvalue weighted by atomic mass is 9.93. The zero-order valence-electron chi connectivity index (χ0n) is 16.9. The van der Waals surface area contributed by atoms with Crippen LogP contribution in [-0.2, 0) is 6.42 Å². The fourth-order valence-corrected chi connectivity index (χ4v) is 6.29. The van der Waals surface area contributed by atoms with Crippen LogP contribution >= 0.6 is 35.3 Å². The number of fused-ring (bicyclic) bond motifs is 2. The van der Waals surface area contributed by atoms with Gasteiger partial charge in [-0.2, -0.15) is 0 Å². The van der Waals surface area contributed by atoms with Gasteiger partial charge >= 0.3 is 0 Å². The van der Waals surface area contributed by atoms with Gasteiger partial charge in [0.25, 0.3) is 0 Å². The lowest BCUT2D eigenvalue weighted by molar-refractivity contribution is 0.0959. The minimum absolute atomic E-state index is 0. The first-order valence-corrected chi connectivity index (χ1v) is 11.1.